The fraction of sp³-hybridized carbons (Fsp3) is 0.438. The van der Waals surface area contributed by atoms with E-state index in [2.05, 4.69) is 5.32 Å². The molecule has 114 valence electrons. The fourth-order valence-electron chi connectivity index (χ4n) is 2.53. The number of carbonyl (C=O) groups excluding carboxylic acids is 1. The Kier molecular flexibility index (Phi) is 4.83. The number of hydrogen-bond donors (Lipinski definition) is 1. The van der Waals surface area contributed by atoms with Gasteiger partial charge in [-0.05, 0) is 38.7 Å². The minimum atomic E-state index is -3.42. The lowest BCUT2D eigenvalue weighted by atomic mass is 10.2. The zero-order chi connectivity index (χ0) is 15.5. The summed E-state index contributed by atoms with van der Waals surface area (Å²) in [7, 11) is -3.42. The van der Waals surface area contributed by atoms with Gasteiger partial charge in [0, 0.05) is 11.6 Å². The van der Waals surface area contributed by atoms with Gasteiger partial charge in [-0.2, -0.15) is 0 Å². The molecule has 0 saturated heterocycles. The van der Waals surface area contributed by atoms with Crippen LogP contribution in [0.3, 0.4) is 0 Å². The summed E-state index contributed by atoms with van der Waals surface area (Å²) in [4.78, 5) is 12.5. The third kappa shape index (κ3) is 3.94. The monoisotopic (exact) mass is 307 g/mol. The van der Waals surface area contributed by atoms with Crippen LogP contribution in [-0.2, 0) is 20.4 Å². The van der Waals surface area contributed by atoms with Gasteiger partial charge in [-0.1, -0.05) is 30.3 Å². The topological polar surface area (TPSA) is 63.2 Å². The molecule has 1 aromatic carbocycles. The van der Waals surface area contributed by atoms with Crippen molar-refractivity contribution in [1.29, 1.82) is 0 Å². The number of nitrogens with one attached hydrogen (secondary N) is 1. The summed E-state index contributed by atoms with van der Waals surface area (Å²) in [5.41, 5.74) is 1.19. The van der Waals surface area contributed by atoms with Crippen LogP contribution in [-0.4, -0.2) is 20.4 Å². The van der Waals surface area contributed by atoms with Gasteiger partial charge in [-0.3, -0.25) is 4.79 Å². The first-order valence-electron chi connectivity index (χ1n) is 7.19. The van der Waals surface area contributed by atoms with Crippen LogP contribution >= 0.6 is 0 Å². The molecule has 1 aliphatic carbocycles. The first kappa shape index (κ1) is 15.8. The number of allylic oxidation sites excluding steroid dienone is 1. The van der Waals surface area contributed by atoms with Crippen molar-refractivity contribution >= 4 is 15.7 Å². The third-order valence-corrected chi connectivity index (χ3v) is 5.35. The van der Waals surface area contributed by atoms with Crippen LogP contribution in [0.4, 0.5) is 0 Å². The molecule has 0 aromatic heterocycles. The zero-order valence-corrected chi connectivity index (χ0v) is 13.2. The number of rotatable bonds is 5. The summed E-state index contributed by atoms with van der Waals surface area (Å²) in [5, 5.41) is 2.79. The fourth-order valence-corrected chi connectivity index (χ4v) is 4.36. The molecule has 0 fully saturated rings. The highest BCUT2D eigenvalue weighted by Crippen LogP contribution is 2.32. The first-order chi connectivity index (χ1) is 9.90. The molecule has 0 bridgehead atoms. The Morgan fingerprint density at radius 1 is 1.19 bits per heavy atom. The summed E-state index contributed by atoms with van der Waals surface area (Å²) in [6.45, 7) is 3.73. The van der Waals surface area contributed by atoms with Crippen molar-refractivity contribution in [3.63, 3.8) is 0 Å². The Morgan fingerprint density at radius 3 is 2.48 bits per heavy atom. The maximum Gasteiger partial charge on any atom is 0.248 e. The Morgan fingerprint density at radius 2 is 1.86 bits per heavy atom. The zero-order valence-electron chi connectivity index (χ0n) is 12.4. The van der Waals surface area contributed by atoms with Gasteiger partial charge in [0.25, 0.3) is 0 Å². The number of sulfone groups is 1. The highest BCUT2D eigenvalue weighted by Gasteiger charge is 2.30. The maximum atomic E-state index is 12.6. The predicted molar refractivity (Wildman–Crippen MR) is 83.2 cm³/mol. The van der Waals surface area contributed by atoms with Crippen LogP contribution in [0.15, 0.2) is 40.8 Å². The van der Waals surface area contributed by atoms with E-state index >= 15 is 0 Å². The molecule has 0 heterocycles. The van der Waals surface area contributed by atoms with Crippen molar-refractivity contribution in [2.24, 2.45) is 0 Å². The predicted octanol–water partition coefficient (Wildman–Crippen LogP) is 2.56. The average molecular weight is 307 g/mol. The van der Waals surface area contributed by atoms with E-state index in [-0.39, 0.29) is 17.7 Å². The van der Waals surface area contributed by atoms with E-state index in [1.807, 2.05) is 32.0 Å². The second-order valence-corrected chi connectivity index (χ2v) is 7.64. The molecule has 0 spiro atoms. The van der Waals surface area contributed by atoms with Crippen LogP contribution in [0.1, 0.15) is 38.7 Å². The van der Waals surface area contributed by atoms with Gasteiger partial charge < -0.3 is 5.32 Å². The minimum absolute atomic E-state index is 0.00341. The average Bonchev–Trinajstić information content (AvgIpc) is 2.88. The lowest BCUT2D eigenvalue weighted by Crippen LogP contribution is -2.31. The largest absolute Gasteiger partial charge is 0.350 e. The molecule has 0 saturated carbocycles. The van der Waals surface area contributed by atoms with E-state index in [0.717, 1.165) is 12.0 Å². The maximum absolute atomic E-state index is 12.6. The van der Waals surface area contributed by atoms with Crippen molar-refractivity contribution < 1.29 is 13.2 Å². The van der Waals surface area contributed by atoms with Crippen LogP contribution in [0.25, 0.3) is 0 Å². The van der Waals surface area contributed by atoms with E-state index in [4.69, 9.17) is 0 Å². The SMILES string of the molecule is CC(C)NC(=O)C1=C(S(=O)(=O)Cc2ccccc2)CCC1. The van der Waals surface area contributed by atoms with Crippen LogP contribution in [0.5, 0.6) is 0 Å². The number of carbonyl (C=O) groups is 1. The van der Waals surface area contributed by atoms with Gasteiger partial charge in [-0.15, -0.1) is 0 Å². The Bertz CT molecular complexity index is 645. The van der Waals surface area contributed by atoms with Gasteiger partial charge in [-0.25, -0.2) is 8.42 Å². The van der Waals surface area contributed by atoms with Gasteiger partial charge in [0.05, 0.1) is 10.7 Å². The molecule has 1 amide bonds. The van der Waals surface area contributed by atoms with Gasteiger partial charge >= 0.3 is 0 Å². The standard InChI is InChI=1S/C16H21NO3S/c1-12(2)17-16(18)14-9-6-10-15(14)21(19,20)11-13-7-4-3-5-8-13/h3-5,7-8,12H,6,9-11H2,1-2H3,(H,17,18). The van der Waals surface area contributed by atoms with Crippen molar-refractivity contribution in [3.8, 4) is 0 Å². The van der Waals surface area contributed by atoms with E-state index in [9.17, 15) is 13.2 Å². The molecule has 5 heteroatoms. The Balaban J connectivity index is 2.27. The van der Waals surface area contributed by atoms with E-state index in [0.29, 0.717) is 23.3 Å². The highest BCUT2D eigenvalue weighted by atomic mass is 32.2. The molecule has 2 rings (SSSR count). The minimum Gasteiger partial charge on any atom is -0.350 e. The second-order valence-electron chi connectivity index (χ2n) is 5.63. The van der Waals surface area contributed by atoms with Gasteiger partial charge in [0.1, 0.15) is 0 Å². The Labute approximate surface area is 126 Å². The van der Waals surface area contributed by atoms with E-state index < -0.39 is 9.84 Å². The van der Waals surface area contributed by atoms with Crippen molar-refractivity contribution in [2.75, 3.05) is 0 Å². The number of hydrogen-bond acceptors (Lipinski definition) is 3. The summed E-state index contributed by atoms with van der Waals surface area (Å²) in [6.07, 6.45) is 1.74. The molecule has 0 radical (unpaired) electrons. The van der Waals surface area contributed by atoms with Crippen molar-refractivity contribution in [2.45, 2.75) is 44.9 Å². The first-order valence-corrected chi connectivity index (χ1v) is 8.85. The van der Waals surface area contributed by atoms with E-state index in [1.165, 1.54) is 0 Å². The number of amides is 1. The third-order valence-electron chi connectivity index (χ3n) is 3.44. The van der Waals surface area contributed by atoms with Gasteiger partial charge in [0.2, 0.25) is 5.91 Å². The molecule has 0 aliphatic heterocycles. The molecule has 0 atom stereocenters. The van der Waals surface area contributed by atoms with Crippen LogP contribution in [0, 0.1) is 0 Å². The molecular formula is C16H21NO3S. The van der Waals surface area contributed by atoms with Crippen LogP contribution in [0.2, 0.25) is 0 Å². The molecule has 21 heavy (non-hydrogen) atoms. The normalized spacial score (nSPS) is 15.6. The summed E-state index contributed by atoms with van der Waals surface area (Å²) in [5.74, 6) is -0.282. The molecule has 1 aromatic rings. The number of benzene rings is 1. The summed E-state index contributed by atoms with van der Waals surface area (Å²) in [6, 6.07) is 9.08. The van der Waals surface area contributed by atoms with Crippen molar-refractivity contribution in [3.05, 3.63) is 46.4 Å². The molecule has 1 N–H and O–H groups in total. The lowest BCUT2D eigenvalue weighted by Gasteiger charge is -2.12. The highest BCUT2D eigenvalue weighted by molar-refractivity contribution is 7.94. The second kappa shape index (κ2) is 6.43. The summed E-state index contributed by atoms with van der Waals surface area (Å²) >= 11 is 0. The van der Waals surface area contributed by atoms with E-state index in [1.54, 1.807) is 12.1 Å². The smallest absolute Gasteiger partial charge is 0.248 e. The van der Waals surface area contributed by atoms with Gasteiger partial charge in [0.15, 0.2) is 9.84 Å². The summed E-state index contributed by atoms with van der Waals surface area (Å²) < 4.78 is 25.1. The quantitative estimate of drug-likeness (QED) is 0.909. The molecule has 0 unspecified atom stereocenters. The lowest BCUT2D eigenvalue weighted by molar-refractivity contribution is -0.118. The molecule has 4 nitrogen and oxygen atoms in total. The molecule has 1 aliphatic rings. The van der Waals surface area contributed by atoms with Crippen molar-refractivity contribution in [1.82, 2.24) is 5.32 Å². The Hall–Kier alpha value is -1.62. The molecular weight excluding hydrogens is 286 g/mol. The van der Waals surface area contributed by atoms with Crippen LogP contribution < -0.4 is 5.32 Å².